The third-order valence-corrected chi connectivity index (χ3v) is 3.36. The number of nitrogens with zero attached hydrogens (tertiary/aromatic N) is 2. The first-order valence-corrected chi connectivity index (χ1v) is 8.24. The summed E-state index contributed by atoms with van der Waals surface area (Å²) in [6, 6.07) is 6.15. The van der Waals surface area contributed by atoms with Crippen LogP contribution in [0.4, 0.5) is 0 Å². The Kier molecular flexibility index (Phi) is 12.8. The summed E-state index contributed by atoms with van der Waals surface area (Å²) in [5, 5.41) is 6.74. The third-order valence-electron chi connectivity index (χ3n) is 3.36. The summed E-state index contributed by atoms with van der Waals surface area (Å²) < 4.78 is 5.14. The van der Waals surface area contributed by atoms with Crippen molar-refractivity contribution in [2.75, 3.05) is 13.7 Å². The fourth-order valence-electron chi connectivity index (χ4n) is 2.15. The van der Waals surface area contributed by atoms with Crippen molar-refractivity contribution in [1.29, 1.82) is 0 Å². The van der Waals surface area contributed by atoms with Crippen LogP contribution in [0.25, 0.3) is 0 Å². The van der Waals surface area contributed by atoms with E-state index in [1.807, 2.05) is 18.2 Å². The minimum Gasteiger partial charge on any atom is -0.481 e. The van der Waals surface area contributed by atoms with Gasteiger partial charge < -0.3 is 15.4 Å². The maximum absolute atomic E-state index is 5.14. The number of hydrogen-bond donors (Lipinski definition) is 2. The number of unbranched alkanes of at least 4 members (excludes halogenated alkanes) is 2. The van der Waals surface area contributed by atoms with E-state index in [2.05, 4.69) is 41.4 Å². The molecular formula is C17H31IN4O. The van der Waals surface area contributed by atoms with Crippen LogP contribution in [0.5, 0.6) is 5.88 Å². The van der Waals surface area contributed by atoms with Crippen LogP contribution in [-0.4, -0.2) is 30.6 Å². The van der Waals surface area contributed by atoms with Gasteiger partial charge in [-0.05, 0) is 26.3 Å². The number of rotatable bonds is 9. The monoisotopic (exact) mass is 434 g/mol. The first-order chi connectivity index (χ1) is 10.7. The minimum absolute atomic E-state index is 0. The Hall–Kier alpha value is -1.05. The Morgan fingerprint density at radius 1 is 1.30 bits per heavy atom. The SMILES string of the molecule is CCCCCC(C)NC(=NCc1cccc(OC)n1)NCC.I. The molecule has 5 nitrogen and oxygen atoms in total. The van der Waals surface area contributed by atoms with E-state index >= 15 is 0 Å². The van der Waals surface area contributed by atoms with Gasteiger partial charge in [0.2, 0.25) is 5.88 Å². The lowest BCUT2D eigenvalue weighted by atomic mass is 10.1. The highest BCUT2D eigenvalue weighted by molar-refractivity contribution is 14.0. The normalized spacial score (nSPS) is 12.3. The van der Waals surface area contributed by atoms with Gasteiger partial charge in [0.05, 0.1) is 19.3 Å². The van der Waals surface area contributed by atoms with E-state index in [4.69, 9.17) is 4.74 Å². The van der Waals surface area contributed by atoms with Gasteiger partial charge in [-0.15, -0.1) is 24.0 Å². The lowest BCUT2D eigenvalue weighted by Gasteiger charge is -2.17. The number of hydrogen-bond acceptors (Lipinski definition) is 3. The Morgan fingerprint density at radius 3 is 2.74 bits per heavy atom. The van der Waals surface area contributed by atoms with Crippen LogP contribution in [-0.2, 0) is 6.54 Å². The average molecular weight is 434 g/mol. The van der Waals surface area contributed by atoms with Crippen LogP contribution in [0.1, 0.15) is 52.1 Å². The molecule has 23 heavy (non-hydrogen) atoms. The van der Waals surface area contributed by atoms with Gasteiger partial charge in [-0.2, -0.15) is 0 Å². The fourth-order valence-corrected chi connectivity index (χ4v) is 2.15. The zero-order valence-corrected chi connectivity index (χ0v) is 17.1. The van der Waals surface area contributed by atoms with Gasteiger partial charge in [-0.1, -0.05) is 32.3 Å². The second-order valence-electron chi connectivity index (χ2n) is 5.41. The Bertz CT molecular complexity index is 454. The second kappa shape index (κ2) is 13.4. The molecule has 1 rings (SSSR count). The molecule has 1 atom stereocenters. The highest BCUT2D eigenvalue weighted by Crippen LogP contribution is 2.07. The van der Waals surface area contributed by atoms with Crippen LogP contribution in [0, 0.1) is 0 Å². The molecule has 0 fully saturated rings. The minimum atomic E-state index is 0. The summed E-state index contributed by atoms with van der Waals surface area (Å²) in [7, 11) is 1.62. The largest absolute Gasteiger partial charge is 0.481 e. The summed E-state index contributed by atoms with van der Waals surface area (Å²) in [4.78, 5) is 8.98. The number of ether oxygens (including phenoxy) is 1. The van der Waals surface area contributed by atoms with E-state index in [0.29, 0.717) is 18.5 Å². The smallest absolute Gasteiger partial charge is 0.213 e. The van der Waals surface area contributed by atoms with E-state index in [1.165, 1.54) is 19.3 Å². The maximum Gasteiger partial charge on any atom is 0.213 e. The first kappa shape index (κ1) is 21.9. The summed E-state index contributed by atoms with van der Waals surface area (Å²) in [6.07, 6.45) is 4.95. The molecule has 0 saturated carbocycles. The Labute approximate surface area is 157 Å². The molecule has 0 aromatic carbocycles. The lowest BCUT2D eigenvalue weighted by molar-refractivity contribution is 0.396. The second-order valence-corrected chi connectivity index (χ2v) is 5.41. The molecular weight excluding hydrogens is 403 g/mol. The van der Waals surface area contributed by atoms with E-state index in [1.54, 1.807) is 7.11 Å². The molecule has 1 heterocycles. The van der Waals surface area contributed by atoms with Crippen molar-refractivity contribution in [3.8, 4) is 5.88 Å². The van der Waals surface area contributed by atoms with Gasteiger partial charge in [0.1, 0.15) is 0 Å². The van der Waals surface area contributed by atoms with Crippen molar-refractivity contribution >= 4 is 29.9 Å². The molecule has 0 amide bonds. The van der Waals surface area contributed by atoms with Crippen LogP contribution >= 0.6 is 24.0 Å². The van der Waals surface area contributed by atoms with Crippen molar-refractivity contribution < 1.29 is 4.74 Å². The van der Waals surface area contributed by atoms with Gasteiger partial charge in [-0.25, -0.2) is 9.98 Å². The zero-order chi connectivity index (χ0) is 16.2. The maximum atomic E-state index is 5.14. The van der Waals surface area contributed by atoms with Gasteiger partial charge in [-0.3, -0.25) is 0 Å². The van der Waals surface area contributed by atoms with Gasteiger partial charge in [0.15, 0.2) is 5.96 Å². The number of guanidine groups is 1. The number of aliphatic imine (C=N–C) groups is 1. The van der Waals surface area contributed by atoms with Gasteiger partial charge >= 0.3 is 0 Å². The molecule has 0 spiro atoms. The summed E-state index contributed by atoms with van der Waals surface area (Å²) in [6.45, 7) is 7.88. The zero-order valence-electron chi connectivity index (χ0n) is 14.8. The van der Waals surface area contributed by atoms with E-state index in [-0.39, 0.29) is 24.0 Å². The number of methoxy groups -OCH3 is 1. The molecule has 0 radical (unpaired) electrons. The lowest BCUT2D eigenvalue weighted by Crippen LogP contribution is -2.42. The van der Waals surface area contributed by atoms with Crippen LogP contribution < -0.4 is 15.4 Å². The summed E-state index contributed by atoms with van der Waals surface area (Å²) in [5.41, 5.74) is 0.898. The van der Waals surface area contributed by atoms with Gasteiger partial charge in [0, 0.05) is 18.7 Å². The van der Waals surface area contributed by atoms with Crippen molar-refractivity contribution in [2.45, 2.75) is 59.0 Å². The van der Waals surface area contributed by atoms with Crippen LogP contribution in [0.15, 0.2) is 23.2 Å². The standard InChI is InChI=1S/C17H30N4O.HI/c1-5-7-8-10-14(3)20-17(18-6-2)19-13-15-11-9-12-16(21-15)22-4;/h9,11-12,14H,5-8,10,13H2,1-4H3,(H2,18,19,20);1H. The van der Waals surface area contributed by atoms with Crippen molar-refractivity contribution in [3.63, 3.8) is 0 Å². The van der Waals surface area contributed by atoms with Crippen LogP contribution in [0.2, 0.25) is 0 Å². The van der Waals surface area contributed by atoms with Gasteiger partial charge in [0.25, 0.3) is 0 Å². The van der Waals surface area contributed by atoms with Crippen molar-refractivity contribution in [1.82, 2.24) is 15.6 Å². The Balaban J connectivity index is 0.00000484. The topological polar surface area (TPSA) is 58.5 Å². The highest BCUT2D eigenvalue weighted by Gasteiger charge is 2.05. The predicted molar refractivity (Wildman–Crippen MR) is 108 cm³/mol. The summed E-state index contributed by atoms with van der Waals surface area (Å²) in [5.74, 6) is 1.47. The fraction of sp³-hybridized carbons (Fsp3) is 0.647. The number of aromatic nitrogens is 1. The molecule has 6 heteroatoms. The number of halogens is 1. The van der Waals surface area contributed by atoms with Crippen LogP contribution in [0.3, 0.4) is 0 Å². The van der Waals surface area contributed by atoms with Crippen molar-refractivity contribution in [3.05, 3.63) is 23.9 Å². The van der Waals surface area contributed by atoms with Crippen molar-refractivity contribution in [2.24, 2.45) is 4.99 Å². The first-order valence-electron chi connectivity index (χ1n) is 8.24. The molecule has 0 aliphatic rings. The third kappa shape index (κ3) is 9.63. The number of nitrogens with one attached hydrogen (secondary N) is 2. The molecule has 1 aromatic rings. The van der Waals surface area contributed by atoms with E-state index < -0.39 is 0 Å². The highest BCUT2D eigenvalue weighted by atomic mass is 127. The molecule has 0 bridgehead atoms. The molecule has 0 aliphatic carbocycles. The molecule has 1 unspecified atom stereocenters. The molecule has 0 saturated heterocycles. The molecule has 2 N–H and O–H groups in total. The Morgan fingerprint density at radius 2 is 2.09 bits per heavy atom. The quantitative estimate of drug-likeness (QED) is 0.269. The predicted octanol–water partition coefficient (Wildman–Crippen LogP) is 3.73. The summed E-state index contributed by atoms with van der Waals surface area (Å²) >= 11 is 0. The molecule has 132 valence electrons. The molecule has 1 aromatic heterocycles. The van der Waals surface area contributed by atoms with E-state index in [0.717, 1.165) is 24.6 Å². The average Bonchev–Trinajstić information content (AvgIpc) is 2.53. The van der Waals surface area contributed by atoms with E-state index in [9.17, 15) is 0 Å². The molecule has 0 aliphatic heterocycles. The number of pyridine rings is 1.